The normalized spacial score (nSPS) is 28.2. The second-order valence-electron chi connectivity index (χ2n) is 10.2. The Hall–Kier alpha value is -3.22. The molecule has 0 bridgehead atoms. The number of amides is 2. The lowest BCUT2D eigenvalue weighted by Gasteiger charge is -2.46. The molecule has 3 fully saturated rings. The van der Waals surface area contributed by atoms with Crippen molar-refractivity contribution in [1.29, 1.82) is 0 Å². The van der Waals surface area contributed by atoms with Gasteiger partial charge in [-0.25, -0.2) is 17.6 Å². The van der Waals surface area contributed by atoms with Gasteiger partial charge < -0.3 is 15.3 Å². The first-order chi connectivity index (χ1) is 17.8. The lowest BCUT2D eigenvalue weighted by Crippen LogP contribution is -2.55. The monoisotopic (exact) mass is 545 g/mol. The van der Waals surface area contributed by atoms with E-state index in [1.54, 1.807) is 0 Å². The molecule has 0 spiro atoms. The summed E-state index contributed by atoms with van der Waals surface area (Å²) in [7, 11) is 0. The van der Waals surface area contributed by atoms with Crippen LogP contribution in [0.2, 0.25) is 0 Å². The van der Waals surface area contributed by atoms with Crippen molar-refractivity contribution in [3.63, 3.8) is 0 Å². The Bertz CT molecular complexity index is 1280. The minimum absolute atomic E-state index is 0.0482. The molecule has 6 nitrogen and oxygen atoms in total. The summed E-state index contributed by atoms with van der Waals surface area (Å²) in [5.74, 6) is -4.18. The number of hydrogen-bond acceptors (Lipinski definition) is 4. The number of piperidine rings is 1. The Morgan fingerprint density at radius 1 is 1.13 bits per heavy atom. The molecule has 1 aromatic heterocycles. The summed E-state index contributed by atoms with van der Waals surface area (Å²) in [6, 6.07) is 1.54. The van der Waals surface area contributed by atoms with Crippen molar-refractivity contribution in [2.24, 2.45) is 5.92 Å². The molecule has 3 atom stereocenters. The molecule has 204 valence electrons. The number of alkyl halides is 5. The number of aromatic nitrogens is 1. The predicted octanol–water partition coefficient (Wildman–Crippen LogP) is 4.13. The third kappa shape index (κ3) is 4.61. The van der Waals surface area contributed by atoms with Crippen LogP contribution in [0.15, 0.2) is 30.5 Å². The molecule has 13 heteroatoms. The van der Waals surface area contributed by atoms with E-state index in [-0.39, 0.29) is 43.0 Å². The van der Waals surface area contributed by atoms with Gasteiger partial charge in [0.15, 0.2) is 0 Å². The number of nitrogens with zero attached hydrogens (tertiary/aromatic N) is 2. The molecular formula is C25H22F7N3O3. The third-order valence-corrected chi connectivity index (χ3v) is 7.68. The second kappa shape index (κ2) is 9.21. The second-order valence-corrected chi connectivity index (χ2v) is 10.2. The Morgan fingerprint density at radius 2 is 1.84 bits per heavy atom. The van der Waals surface area contributed by atoms with E-state index in [2.05, 4.69) is 10.3 Å². The van der Waals surface area contributed by atoms with Crippen LogP contribution in [-0.2, 0) is 16.4 Å². The maximum absolute atomic E-state index is 14.8. The number of benzene rings is 1. The zero-order valence-electron chi connectivity index (χ0n) is 19.6. The van der Waals surface area contributed by atoms with Gasteiger partial charge in [-0.3, -0.25) is 14.6 Å². The van der Waals surface area contributed by atoms with Gasteiger partial charge in [0.05, 0.1) is 11.7 Å². The lowest BCUT2D eigenvalue weighted by molar-refractivity contribution is -0.140. The van der Waals surface area contributed by atoms with Crippen LogP contribution in [0, 0.1) is 17.6 Å². The highest BCUT2D eigenvalue weighted by Gasteiger charge is 2.56. The van der Waals surface area contributed by atoms with Crippen LogP contribution in [0.3, 0.4) is 0 Å². The fourth-order valence-electron chi connectivity index (χ4n) is 5.68. The Balaban J connectivity index is 1.34. The molecule has 1 aliphatic heterocycles. The number of rotatable bonds is 6. The SMILES string of the molecule is O=C(NCC1(c2cc(F)c(C(F)(F)F)cc2F)CC(O)C1)[C@H]1C[C@H]2C[C@H]2N1C(=O)c1ccnc(C(F)F)c1. The fourth-order valence-corrected chi connectivity index (χ4v) is 5.68. The number of aliphatic hydroxyl groups excluding tert-OH is 1. The van der Waals surface area contributed by atoms with Gasteiger partial charge in [0, 0.05) is 29.8 Å². The van der Waals surface area contributed by atoms with Gasteiger partial charge >= 0.3 is 6.18 Å². The highest BCUT2D eigenvalue weighted by atomic mass is 19.4. The van der Waals surface area contributed by atoms with Crippen LogP contribution in [0.5, 0.6) is 0 Å². The number of hydrogen-bond donors (Lipinski definition) is 2. The molecule has 2 aliphatic carbocycles. The molecule has 2 N–H and O–H groups in total. The van der Waals surface area contributed by atoms with Crippen molar-refractivity contribution >= 4 is 11.8 Å². The topological polar surface area (TPSA) is 82.5 Å². The molecule has 1 saturated heterocycles. The molecule has 2 saturated carbocycles. The number of carbonyl (C=O) groups is 2. The number of aliphatic hydroxyl groups is 1. The first-order valence-corrected chi connectivity index (χ1v) is 11.9. The number of fused-ring (bicyclic) bond motifs is 1. The first kappa shape index (κ1) is 26.4. The molecular weight excluding hydrogens is 523 g/mol. The molecule has 2 heterocycles. The van der Waals surface area contributed by atoms with Crippen molar-refractivity contribution < 1.29 is 45.4 Å². The van der Waals surface area contributed by atoms with Gasteiger partial charge in [-0.05, 0) is 61.4 Å². The highest BCUT2D eigenvalue weighted by Crippen LogP contribution is 2.49. The highest BCUT2D eigenvalue weighted by molar-refractivity contribution is 5.98. The zero-order chi connectivity index (χ0) is 27.6. The molecule has 1 aromatic carbocycles. The standard InChI is InChI=1S/C25H22F7N3O3/c26-16-7-15(25(30,31)32)17(27)6-14(16)24(8-13(36)9-24)10-34-22(37)20-5-12-4-19(12)35(20)23(38)11-1-2-33-18(3-11)21(28)29/h1-3,6-7,12-13,19-21,36H,4-5,8-10H2,(H,34,37)/t12-,13?,19-,20-,24?/m1/s1. The molecule has 3 aliphatic rings. The molecule has 2 amide bonds. The van der Waals surface area contributed by atoms with Crippen LogP contribution >= 0.6 is 0 Å². The first-order valence-electron chi connectivity index (χ1n) is 11.9. The van der Waals surface area contributed by atoms with Crippen molar-refractivity contribution in [2.45, 2.75) is 61.9 Å². The van der Waals surface area contributed by atoms with Gasteiger partial charge in [0.1, 0.15) is 23.4 Å². The van der Waals surface area contributed by atoms with Crippen LogP contribution in [-0.4, -0.2) is 51.5 Å². The molecule has 5 rings (SSSR count). The average Bonchev–Trinajstić information content (AvgIpc) is 3.50. The molecule has 0 unspecified atom stereocenters. The summed E-state index contributed by atoms with van der Waals surface area (Å²) in [6.07, 6.45) is -7.13. The van der Waals surface area contributed by atoms with Crippen molar-refractivity contribution in [1.82, 2.24) is 15.2 Å². The van der Waals surface area contributed by atoms with Crippen molar-refractivity contribution in [3.8, 4) is 0 Å². The van der Waals surface area contributed by atoms with E-state index in [0.29, 0.717) is 18.9 Å². The maximum Gasteiger partial charge on any atom is 0.419 e. The Kier molecular flexibility index (Phi) is 6.40. The lowest BCUT2D eigenvalue weighted by atomic mass is 9.62. The van der Waals surface area contributed by atoms with E-state index in [1.807, 2.05) is 0 Å². The maximum atomic E-state index is 14.8. The smallest absolute Gasteiger partial charge is 0.393 e. The molecule has 2 aromatic rings. The minimum atomic E-state index is -5.10. The van der Waals surface area contributed by atoms with E-state index in [9.17, 15) is 45.4 Å². The largest absolute Gasteiger partial charge is 0.419 e. The van der Waals surface area contributed by atoms with E-state index in [0.717, 1.165) is 12.3 Å². The predicted molar refractivity (Wildman–Crippen MR) is 117 cm³/mol. The zero-order valence-corrected chi connectivity index (χ0v) is 19.6. The van der Waals surface area contributed by atoms with Crippen LogP contribution in [0.1, 0.15) is 59.3 Å². The summed E-state index contributed by atoms with van der Waals surface area (Å²) < 4.78 is 94.1. The Morgan fingerprint density at radius 3 is 2.47 bits per heavy atom. The number of halogens is 7. The van der Waals surface area contributed by atoms with E-state index >= 15 is 0 Å². The average molecular weight is 545 g/mol. The van der Waals surface area contributed by atoms with Gasteiger partial charge in [-0.2, -0.15) is 13.2 Å². The Labute approximate surface area is 211 Å². The fraction of sp³-hybridized carbons (Fsp3) is 0.480. The third-order valence-electron chi connectivity index (χ3n) is 7.68. The van der Waals surface area contributed by atoms with E-state index < -0.39 is 70.4 Å². The number of pyridine rings is 1. The number of nitrogens with one attached hydrogen (secondary N) is 1. The summed E-state index contributed by atoms with van der Waals surface area (Å²) in [4.78, 5) is 31.2. The molecule has 38 heavy (non-hydrogen) atoms. The van der Waals surface area contributed by atoms with Gasteiger partial charge in [-0.15, -0.1) is 0 Å². The van der Waals surface area contributed by atoms with Gasteiger partial charge in [0.25, 0.3) is 12.3 Å². The van der Waals surface area contributed by atoms with E-state index in [1.165, 1.54) is 11.0 Å². The van der Waals surface area contributed by atoms with Crippen molar-refractivity contribution in [2.75, 3.05) is 6.54 Å². The van der Waals surface area contributed by atoms with E-state index in [4.69, 9.17) is 0 Å². The number of likely N-dealkylation sites (tertiary alicyclic amines) is 1. The van der Waals surface area contributed by atoms with Crippen LogP contribution in [0.25, 0.3) is 0 Å². The van der Waals surface area contributed by atoms with Gasteiger partial charge in [-0.1, -0.05) is 0 Å². The quantitative estimate of drug-likeness (QED) is 0.535. The van der Waals surface area contributed by atoms with Crippen LogP contribution < -0.4 is 5.32 Å². The summed E-state index contributed by atoms with van der Waals surface area (Å²) in [6.45, 7) is -0.316. The van der Waals surface area contributed by atoms with Crippen molar-refractivity contribution in [3.05, 3.63) is 64.5 Å². The van der Waals surface area contributed by atoms with Gasteiger partial charge in [0.2, 0.25) is 5.91 Å². The summed E-state index contributed by atoms with van der Waals surface area (Å²) >= 11 is 0. The number of carbonyl (C=O) groups excluding carboxylic acids is 2. The minimum Gasteiger partial charge on any atom is -0.393 e. The van der Waals surface area contributed by atoms with Crippen LogP contribution in [0.4, 0.5) is 30.7 Å². The molecule has 0 radical (unpaired) electrons. The summed E-state index contributed by atoms with van der Waals surface area (Å²) in [5.41, 5.74) is -4.14. The summed E-state index contributed by atoms with van der Waals surface area (Å²) in [5, 5.41) is 12.5.